The SMILES string of the molecule is c1cc2ccn(-c3ccc(-c4ccn[nH]4)cn3)c2cn1. The van der Waals surface area contributed by atoms with E-state index in [0.29, 0.717) is 0 Å². The van der Waals surface area contributed by atoms with Crippen molar-refractivity contribution in [3.63, 3.8) is 0 Å². The number of fused-ring (bicyclic) bond motifs is 1. The molecule has 0 aliphatic rings. The predicted molar refractivity (Wildman–Crippen MR) is 76.4 cm³/mol. The molecule has 96 valence electrons. The lowest BCUT2D eigenvalue weighted by Crippen LogP contribution is -1.95. The molecular formula is C15H11N5. The number of hydrogen-bond donors (Lipinski definition) is 1. The van der Waals surface area contributed by atoms with E-state index in [-0.39, 0.29) is 0 Å². The molecule has 0 amide bonds. The molecule has 0 saturated heterocycles. The van der Waals surface area contributed by atoms with Crippen LogP contribution in [0.1, 0.15) is 0 Å². The zero-order valence-corrected chi connectivity index (χ0v) is 10.6. The molecule has 1 N–H and O–H groups in total. The highest BCUT2D eigenvalue weighted by atomic mass is 15.1. The summed E-state index contributed by atoms with van der Waals surface area (Å²) in [5.74, 6) is 0.872. The highest BCUT2D eigenvalue weighted by Gasteiger charge is 2.05. The molecule has 4 heterocycles. The zero-order chi connectivity index (χ0) is 13.4. The number of hydrogen-bond acceptors (Lipinski definition) is 3. The Labute approximate surface area is 114 Å². The molecule has 0 aliphatic carbocycles. The minimum atomic E-state index is 0.872. The number of nitrogens with zero attached hydrogens (tertiary/aromatic N) is 4. The lowest BCUT2D eigenvalue weighted by atomic mass is 10.2. The third-order valence-corrected chi connectivity index (χ3v) is 3.30. The summed E-state index contributed by atoms with van der Waals surface area (Å²) < 4.78 is 2.03. The largest absolute Gasteiger partial charge is 0.300 e. The van der Waals surface area contributed by atoms with Crippen LogP contribution in [0.25, 0.3) is 28.0 Å². The molecule has 0 radical (unpaired) electrons. The maximum Gasteiger partial charge on any atom is 0.137 e. The van der Waals surface area contributed by atoms with Gasteiger partial charge in [0.2, 0.25) is 0 Å². The summed E-state index contributed by atoms with van der Waals surface area (Å²) in [5.41, 5.74) is 3.03. The van der Waals surface area contributed by atoms with Crippen LogP contribution in [0.15, 0.2) is 61.3 Å². The number of rotatable bonds is 2. The Morgan fingerprint density at radius 2 is 1.95 bits per heavy atom. The maximum atomic E-state index is 4.51. The van der Waals surface area contributed by atoms with Crippen molar-refractivity contribution in [2.75, 3.05) is 0 Å². The van der Waals surface area contributed by atoms with Gasteiger partial charge in [-0.2, -0.15) is 5.10 Å². The summed E-state index contributed by atoms with van der Waals surface area (Å²) in [6, 6.07) is 9.98. The molecule has 0 atom stereocenters. The summed E-state index contributed by atoms with van der Waals surface area (Å²) >= 11 is 0. The van der Waals surface area contributed by atoms with E-state index in [4.69, 9.17) is 0 Å². The number of nitrogens with one attached hydrogen (secondary N) is 1. The van der Waals surface area contributed by atoms with Gasteiger partial charge in [0.25, 0.3) is 0 Å². The van der Waals surface area contributed by atoms with Gasteiger partial charge in [0, 0.05) is 35.7 Å². The van der Waals surface area contributed by atoms with Gasteiger partial charge in [-0.3, -0.25) is 14.6 Å². The lowest BCUT2D eigenvalue weighted by molar-refractivity contribution is 1.04. The summed E-state index contributed by atoms with van der Waals surface area (Å²) in [6.45, 7) is 0. The van der Waals surface area contributed by atoms with E-state index in [1.807, 2.05) is 47.4 Å². The summed E-state index contributed by atoms with van der Waals surface area (Å²) in [6.07, 6.45) is 9.21. The van der Waals surface area contributed by atoms with Gasteiger partial charge in [-0.05, 0) is 30.3 Å². The van der Waals surface area contributed by atoms with Crippen molar-refractivity contribution in [1.29, 1.82) is 0 Å². The topological polar surface area (TPSA) is 59.4 Å². The van der Waals surface area contributed by atoms with Crippen LogP contribution in [0, 0.1) is 0 Å². The van der Waals surface area contributed by atoms with Gasteiger partial charge in [-0.1, -0.05) is 0 Å². The first-order valence-electron chi connectivity index (χ1n) is 6.29. The molecule has 0 spiro atoms. The molecule has 4 aromatic rings. The summed E-state index contributed by atoms with van der Waals surface area (Å²) in [5, 5.41) is 8.03. The molecule has 0 saturated carbocycles. The van der Waals surface area contributed by atoms with Crippen molar-refractivity contribution >= 4 is 10.9 Å². The van der Waals surface area contributed by atoms with Crippen LogP contribution in [-0.4, -0.2) is 24.7 Å². The summed E-state index contributed by atoms with van der Waals surface area (Å²) in [7, 11) is 0. The quantitative estimate of drug-likeness (QED) is 0.603. The fraction of sp³-hybridized carbons (Fsp3) is 0. The van der Waals surface area contributed by atoms with E-state index < -0.39 is 0 Å². The van der Waals surface area contributed by atoms with Crippen LogP contribution in [-0.2, 0) is 0 Å². The molecule has 0 bridgehead atoms. The van der Waals surface area contributed by atoms with Gasteiger partial charge in [0.15, 0.2) is 0 Å². The van der Waals surface area contributed by atoms with Crippen molar-refractivity contribution < 1.29 is 0 Å². The Morgan fingerprint density at radius 3 is 2.75 bits per heavy atom. The molecule has 4 aromatic heterocycles. The molecule has 4 rings (SSSR count). The molecule has 0 aromatic carbocycles. The maximum absolute atomic E-state index is 4.51. The van der Waals surface area contributed by atoms with Gasteiger partial charge < -0.3 is 0 Å². The highest BCUT2D eigenvalue weighted by Crippen LogP contribution is 2.20. The van der Waals surface area contributed by atoms with Gasteiger partial charge >= 0.3 is 0 Å². The minimum absolute atomic E-state index is 0.872. The zero-order valence-electron chi connectivity index (χ0n) is 10.6. The van der Waals surface area contributed by atoms with Crippen molar-refractivity contribution in [3.05, 3.63) is 61.3 Å². The normalized spacial score (nSPS) is 11.0. The minimum Gasteiger partial charge on any atom is -0.300 e. The molecule has 20 heavy (non-hydrogen) atoms. The van der Waals surface area contributed by atoms with E-state index in [9.17, 15) is 0 Å². The Balaban J connectivity index is 1.79. The van der Waals surface area contributed by atoms with Gasteiger partial charge in [0.05, 0.1) is 17.4 Å². The van der Waals surface area contributed by atoms with Crippen molar-refractivity contribution in [3.8, 4) is 17.1 Å². The average Bonchev–Trinajstić information content (AvgIpc) is 3.17. The monoisotopic (exact) mass is 261 g/mol. The average molecular weight is 261 g/mol. The number of aromatic nitrogens is 5. The van der Waals surface area contributed by atoms with Crippen LogP contribution in [0.4, 0.5) is 0 Å². The van der Waals surface area contributed by atoms with Crippen molar-refractivity contribution in [2.24, 2.45) is 0 Å². The molecule has 0 fully saturated rings. The van der Waals surface area contributed by atoms with E-state index in [1.54, 1.807) is 12.4 Å². The Morgan fingerprint density at radius 1 is 0.950 bits per heavy atom. The second kappa shape index (κ2) is 4.31. The second-order valence-corrected chi connectivity index (χ2v) is 4.50. The molecular weight excluding hydrogens is 250 g/mol. The summed E-state index contributed by atoms with van der Waals surface area (Å²) in [4.78, 5) is 8.68. The first kappa shape index (κ1) is 10.9. The fourth-order valence-corrected chi connectivity index (χ4v) is 2.28. The van der Waals surface area contributed by atoms with E-state index in [1.165, 1.54) is 0 Å². The third kappa shape index (κ3) is 1.68. The number of pyridine rings is 2. The van der Waals surface area contributed by atoms with E-state index in [0.717, 1.165) is 28.0 Å². The third-order valence-electron chi connectivity index (χ3n) is 3.30. The van der Waals surface area contributed by atoms with Crippen LogP contribution in [0.3, 0.4) is 0 Å². The molecule has 0 aliphatic heterocycles. The second-order valence-electron chi connectivity index (χ2n) is 4.50. The molecule has 0 unspecified atom stereocenters. The van der Waals surface area contributed by atoms with Crippen LogP contribution < -0.4 is 0 Å². The predicted octanol–water partition coefficient (Wildman–Crippen LogP) is 2.81. The van der Waals surface area contributed by atoms with Crippen LogP contribution in [0.5, 0.6) is 0 Å². The smallest absolute Gasteiger partial charge is 0.137 e. The Hall–Kier alpha value is -2.95. The molecule has 5 heteroatoms. The Kier molecular flexibility index (Phi) is 2.35. The van der Waals surface area contributed by atoms with Gasteiger partial charge in [-0.25, -0.2) is 4.98 Å². The van der Waals surface area contributed by atoms with Crippen LogP contribution in [0.2, 0.25) is 0 Å². The van der Waals surface area contributed by atoms with Gasteiger partial charge in [0.1, 0.15) is 5.82 Å². The van der Waals surface area contributed by atoms with Gasteiger partial charge in [-0.15, -0.1) is 0 Å². The first-order chi connectivity index (χ1) is 9.92. The first-order valence-corrected chi connectivity index (χ1v) is 6.29. The number of H-pyrrole nitrogens is 1. The van der Waals surface area contributed by atoms with Crippen LogP contribution >= 0.6 is 0 Å². The van der Waals surface area contributed by atoms with E-state index in [2.05, 4.69) is 26.2 Å². The fourth-order valence-electron chi connectivity index (χ4n) is 2.28. The number of aromatic amines is 1. The highest BCUT2D eigenvalue weighted by molar-refractivity contribution is 5.80. The van der Waals surface area contributed by atoms with E-state index >= 15 is 0 Å². The molecule has 5 nitrogen and oxygen atoms in total. The van der Waals surface area contributed by atoms with Crippen molar-refractivity contribution in [1.82, 2.24) is 24.7 Å². The van der Waals surface area contributed by atoms with Crippen molar-refractivity contribution in [2.45, 2.75) is 0 Å². The lowest BCUT2D eigenvalue weighted by Gasteiger charge is -2.05. The standard InChI is InChI=1S/C15H11N5/c1-2-15(17-9-12(1)13-4-7-18-19-13)20-8-5-11-3-6-16-10-14(11)20/h1-10H,(H,18,19). The Bertz CT molecular complexity index is 844.